The highest BCUT2D eigenvalue weighted by Crippen LogP contribution is 2.28. The molecule has 10 heteroatoms. The van der Waals surface area contributed by atoms with Crippen LogP contribution in [0.15, 0.2) is 84.8 Å². The Bertz CT molecular complexity index is 1510. The molecule has 0 saturated carbocycles. The lowest BCUT2D eigenvalue weighted by atomic mass is 10.0. The van der Waals surface area contributed by atoms with Gasteiger partial charge in [-0.25, -0.2) is 9.97 Å². The molecular weight excluding hydrogens is 516 g/mol. The first-order valence-electron chi connectivity index (χ1n) is 14.0. The maximum Gasteiger partial charge on any atom is 0.247 e. The Hall–Kier alpha value is -4.28. The van der Waals surface area contributed by atoms with Crippen molar-refractivity contribution in [3.05, 3.63) is 84.8 Å². The number of benzene rings is 1. The molecule has 2 aliphatic rings. The third-order valence-corrected chi connectivity index (χ3v) is 7.92. The molecule has 5 rings (SSSR count). The summed E-state index contributed by atoms with van der Waals surface area (Å²) in [6, 6.07) is 8.40. The van der Waals surface area contributed by atoms with Crippen LogP contribution in [-0.4, -0.2) is 81.4 Å². The van der Waals surface area contributed by atoms with Crippen LogP contribution in [0.2, 0.25) is 0 Å². The Morgan fingerprint density at radius 1 is 1.24 bits per heavy atom. The zero-order chi connectivity index (χ0) is 28.9. The predicted octanol–water partition coefficient (Wildman–Crippen LogP) is 3.84. The number of rotatable bonds is 9. The van der Waals surface area contributed by atoms with Gasteiger partial charge in [-0.1, -0.05) is 19.6 Å². The summed E-state index contributed by atoms with van der Waals surface area (Å²) in [6.45, 7) is 9.03. The quantitative estimate of drug-likeness (QED) is 0.385. The van der Waals surface area contributed by atoms with E-state index in [9.17, 15) is 4.79 Å². The van der Waals surface area contributed by atoms with E-state index < -0.39 is 0 Å². The summed E-state index contributed by atoms with van der Waals surface area (Å²) in [5, 5.41) is 11.8. The number of ether oxygens (including phenoxy) is 1. The number of piperidine rings is 1. The maximum atomic E-state index is 12.5. The summed E-state index contributed by atoms with van der Waals surface area (Å²) >= 11 is 0. The molecule has 214 valence electrons. The molecule has 10 nitrogen and oxygen atoms in total. The molecule has 1 unspecified atom stereocenters. The first kappa shape index (κ1) is 28.3. The monoisotopic (exact) mass is 554 g/mol. The molecule has 0 radical (unpaired) electrons. The fraction of sp³-hybridized carbons (Fsp3) is 0.355. The van der Waals surface area contributed by atoms with Crippen molar-refractivity contribution in [2.75, 3.05) is 39.1 Å². The molecule has 1 atom stereocenters. The molecule has 0 spiro atoms. The molecule has 41 heavy (non-hydrogen) atoms. The lowest BCUT2D eigenvalue weighted by Crippen LogP contribution is -2.43. The summed E-state index contributed by atoms with van der Waals surface area (Å²) in [6.07, 6.45) is 12.3. The number of allylic oxidation sites excluding steroid dienone is 2. The fourth-order valence-electron chi connectivity index (χ4n) is 5.46. The van der Waals surface area contributed by atoms with Crippen molar-refractivity contribution in [3.63, 3.8) is 0 Å². The number of methoxy groups -OCH3 is 1. The zero-order valence-corrected chi connectivity index (χ0v) is 24.2. The molecule has 1 amide bonds. The first-order valence-corrected chi connectivity index (χ1v) is 14.0. The van der Waals surface area contributed by atoms with Crippen LogP contribution >= 0.6 is 0 Å². The molecule has 1 aliphatic carbocycles. The van der Waals surface area contributed by atoms with Crippen LogP contribution in [0.1, 0.15) is 19.8 Å². The van der Waals surface area contributed by atoms with E-state index in [2.05, 4.69) is 62.1 Å². The second-order valence-electron chi connectivity index (χ2n) is 10.3. The number of aromatic nitrogens is 4. The van der Waals surface area contributed by atoms with Gasteiger partial charge < -0.3 is 25.2 Å². The molecule has 1 aliphatic heterocycles. The van der Waals surface area contributed by atoms with Crippen molar-refractivity contribution >= 4 is 22.6 Å². The lowest BCUT2D eigenvalue weighted by molar-refractivity contribution is -0.115. The van der Waals surface area contributed by atoms with Crippen LogP contribution in [0.25, 0.3) is 22.2 Å². The number of hydrogen-bond acceptors (Lipinski definition) is 8. The van der Waals surface area contributed by atoms with Crippen molar-refractivity contribution in [2.45, 2.75) is 31.9 Å². The minimum Gasteiger partial charge on any atom is -0.371 e. The highest BCUT2D eigenvalue weighted by atomic mass is 16.5. The average molecular weight is 555 g/mol. The van der Waals surface area contributed by atoms with Crippen molar-refractivity contribution in [1.82, 2.24) is 34.9 Å². The van der Waals surface area contributed by atoms with Crippen molar-refractivity contribution < 1.29 is 9.53 Å². The first-order chi connectivity index (χ1) is 19.9. The minimum absolute atomic E-state index is 0.276. The van der Waals surface area contributed by atoms with E-state index in [1.165, 1.54) is 12.4 Å². The number of likely N-dealkylation sites (N-methyl/N-ethyl adjacent to an activating group) is 1. The Morgan fingerprint density at radius 2 is 2.05 bits per heavy atom. The molecule has 2 N–H and O–H groups in total. The summed E-state index contributed by atoms with van der Waals surface area (Å²) < 4.78 is 7.69. The smallest absolute Gasteiger partial charge is 0.247 e. The molecule has 0 bridgehead atoms. The van der Waals surface area contributed by atoms with E-state index in [0.29, 0.717) is 17.6 Å². The standard InChI is InChI=1S/C31H38N8O2/c1-6-31(40)36-25-17-26(29(41-5)11-10-28(25)37(3)23-12-14-39(7-2)15-13-23)35-30-18-24(32-20-33-30)21-8-9-27-22(16-21)19-34-38(27)4/h6,8-11,16-20,23,29H,1,7,12-15H2,2-5H3,(H,36,40)(H,32,33,35). The minimum atomic E-state index is -0.386. The summed E-state index contributed by atoms with van der Waals surface area (Å²) in [5.41, 5.74) is 5.12. The lowest BCUT2D eigenvalue weighted by Gasteiger charge is -2.38. The number of nitrogens with one attached hydrogen (secondary N) is 2. The van der Waals surface area contributed by atoms with Crippen molar-refractivity contribution in [3.8, 4) is 11.3 Å². The Balaban J connectivity index is 1.46. The van der Waals surface area contributed by atoms with Crippen LogP contribution < -0.4 is 10.6 Å². The van der Waals surface area contributed by atoms with E-state index >= 15 is 0 Å². The number of nitrogens with zero attached hydrogens (tertiary/aromatic N) is 6. The molecular formula is C31H38N8O2. The average Bonchev–Trinajstić information content (AvgIpc) is 3.29. The van der Waals surface area contributed by atoms with Crippen LogP contribution in [0.3, 0.4) is 0 Å². The van der Waals surface area contributed by atoms with Gasteiger partial charge in [-0.15, -0.1) is 0 Å². The number of carbonyl (C=O) groups is 1. The normalized spacial score (nSPS) is 18.2. The van der Waals surface area contributed by atoms with Gasteiger partial charge in [-0.2, -0.15) is 5.10 Å². The highest BCUT2D eigenvalue weighted by molar-refractivity contribution is 5.89. The fourth-order valence-corrected chi connectivity index (χ4v) is 5.46. The van der Waals surface area contributed by atoms with Gasteiger partial charge in [0, 0.05) is 57.4 Å². The van der Waals surface area contributed by atoms with E-state index in [4.69, 9.17) is 4.74 Å². The molecule has 3 heterocycles. The van der Waals surface area contributed by atoms with Crippen molar-refractivity contribution in [1.29, 1.82) is 0 Å². The predicted molar refractivity (Wildman–Crippen MR) is 162 cm³/mol. The number of fused-ring (bicyclic) bond motifs is 1. The Kier molecular flexibility index (Phi) is 8.61. The van der Waals surface area contributed by atoms with Crippen molar-refractivity contribution in [2.24, 2.45) is 7.05 Å². The largest absolute Gasteiger partial charge is 0.371 e. The van der Waals surface area contributed by atoms with Gasteiger partial charge in [-0.05, 0) is 55.8 Å². The molecule has 2 aromatic heterocycles. The molecule has 1 aromatic carbocycles. The highest BCUT2D eigenvalue weighted by Gasteiger charge is 2.26. The number of amides is 1. The van der Waals surface area contributed by atoms with Gasteiger partial charge in [0.05, 0.1) is 34.5 Å². The second kappa shape index (κ2) is 12.5. The summed E-state index contributed by atoms with van der Waals surface area (Å²) in [5.74, 6) is 0.336. The SMILES string of the molecule is C=CC(=O)NC1=C(N(C)C2CCN(CC)CC2)C=CC(OC)C(Nc2cc(-c3ccc4c(cnn4C)c3)ncn2)=C1. The van der Waals surface area contributed by atoms with E-state index in [1.807, 2.05) is 54.4 Å². The maximum absolute atomic E-state index is 12.5. The number of likely N-dealkylation sites (tertiary alicyclic amines) is 1. The summed E-state index contributed by atoms with van der Waals surface area (Å²) in [4.78, 5) is 26.2. The van der Waals surface area contributed by atoms with Crippen LogP contribution in [0.4, 0.5) is 5.82 Å². The van der Waals surface area contributed by atoms with Crippen LogP contribution in [0.5, 0.6) is 0 Å². The second-order valence-corrected chi connectivity index (χ2v) is 10.3. The molecule has 3 aromatic rings. The molecule has 1 saturated heterocycles. The van der Waals surface area contributed by atoms with E-state index in [0.717, 1.165) is 66.0 Å². The van der Waals surface area contributed by atoms with Gasteiger partial charge in [0.15, 0.2) is 0 Å². The third kappa shape index (κ3) is 6.23. The van der Waals surface area contributed by atoms with E-state index in [1.54, 1.807) is 7.11 Å². The van der Waals surface area contributed by atoms with Gasteiger partial charge in [0.1, 0.15) is 18.2 Å². The van der Waals surface area contributed by atoms with Crippen LogP contribution in [0, 0.1) is 0 Å². The van der Waals surface area contributed by atoms with Gasteiger partial charge in [-0.3, -0.25) is 9.48 Å². The van der Waals surface area contributed by atoms with Gasteiger partial charge >= 0.3 is 0 Å². The topological polar surface area (TPSA) is 100 Å². The molecule has 1 fully saturated rings. The van der Waals surface area contributed by atoms with Gasteiger partial charge in [0.2, 0.25) is 5.91 Å². The number of aryl methyl sites for hydroxylation is 1. The zero-order valence-electron chi connectivity index (χ0n) is 24.2. The number of hydrogen-bond donors (Lipinski definition) is 2. The Morgan fingerprint density at radius 3 is 2.78 bits per heavy atom. The Labute approximate surface area is 241 Å². The number of carbonyl (C=O) groups excluding carboxylic acids is 1. The third-order valence-electron chi connectivity index (χ3n) is 7.92. The summed E-state index contributed by atoms with van der Waals surface area (Å²) in [7, 11) is 5.68. The van der Waals surface area contributed by atoms with Crippen LogP contribution in [-0.2, 0) is 16.6 Å². The number of anilines is 1. The van der Waals surface area contributed by atoms with E-state index in [-0.39, 0.29) is 12.0 Å². The van der Waals surface area contributed by atoms with Gasteiger partial charge in [0.25, 0.3) is 0 Å².